The maximum Gasteiger partial charge on any atom is 0.237 e. The molecular formula is C23H20F2N4O. The number of hydrogen-bond acceptors (Lipinski definition) is 4. The highest BCUT2D eigenvalue weighted by Crippen LogP contribution is 2.34. The van der Waals surface area contributed by atoms with Crippen molar-refractivity contribution in [3.63, 3.8) is 0 Å². The van der Waals surface area contributed by atoms with Gasteiger partial charge in [0.25, 0.3) is 0 Å². The number of benzene rings is 2. The SMILES string of the molecule is CN(CCc1ccccn1)c1ccc(N=CC2C(=O)Nc3cccc(F)c32)cc1F. The van der Waals surface area contributed by atoms with Gasteiger partial charge < -0.3 is 10.2 Å². The van der Waals surface area contributed by atoms with Crippen LogP contribution in [0.5, 0.6) is 0 Å². The van der Waals surface area contributed by atoms with Gasteiger partial charge in [-0.3, -0.25) is 14.8 Å². The zero-order valence-corrected chi connectivity index (χ0v) is 16.3. The highest BCUT2D eigenvalue weighted by molar-refractivity contribution is 6.12. The first-order valence-corrected chi connectivity index (χ1v) is 9.57. The van der Waals surface area contributed by atoms with E-state index in [0.29, 0.717) is 30.0 Å². The van der Waals surface area contributed by atoms with Crippen LogP contribution in [0.3, 0.4) is 0 Å². The van der Waals surface area contributed by atoms with Crippen molar-refractivity contribution in [1.82, 2.24) is 4.98 Å². The summed E-state index contributed by atoms with van der Waals surface area (Å²) in [5, 5.41) is 2.63. The quantitative estimate of drug-likeness (QED) is 0.614. The molecule has 0 saturated heterocycles. The Morgan fingerprint density at radius 1 is 1.13 bits per heavy atom. The minimum Gasteiger partial charge on any atom is -0.372 e. The number of likely N-dealkylation sites (N-methyl/N-ethyl adjacent to an activating group) is 1. The number of aliphatic imine (C=N–C) groups is 1. The van der Waals surface area contributed by atoms with Crippen molar-refractivity contribution in [2.24, 2.45) is 4.99 Å². The molecule has 0 bridgehead atoms. The van der Waals surface area contributed by atoms with Crippen molar-refractivity contribution in [2.45, 2.75) is 12.3 Å². The first kappa shape index (κ1) is 19.7. The predicted molar refractivity (Wildman–Crippen MR) is 114 cm³/mol. The fourth-order valence-electron chi connectivity index (χ4n) is 3.44. The smallest absolute Gasteiger partial charge is 0.237 e. The van der Waals surface area contributed by atoms with E-state index in [1.807, 2.05) is 30.1 Å². The Hall–Kier alpha value is -3.61. The number of aromatic nitrogens is 1. The van der Waals surface area contributed by atoms with E-state index in [4.69, 9.17) is 0 Å². The van der Waals surface area contributed by atoms with Gasteiger partial charge in [-0.05, 0) is 36.4 Å². The number of carbonyl (C=O) groups excluding carboxylic acids is 1. The van der Waals surface area contributed by atoms with Gasteiger partial charge in [0.2, 0.25) is 5.91 Å². The Kier molecular flexibility index (Phi) is 5.52. The van der Waals surface area contributed by atoms with Crippen molar-refractivity contribution in [3.8, 4) is 0 Å². The Labute approximate surface area is 173 Å². The number of fused-ring (bicyclic) bond motifs is 1. The van der Waals surface area contributed by atoms with Crippen LogP contribution < -0.4 is 10.2 Å². The Morgan fingerprint density at radius 2 is 2.00 bits per heavy atom. The molecule has 0 fully saturated rings. The van der Waals surface area contributed by atoms with Crippen LogP contribution in [0.1, 0.15) is 17.2 Å². The summed E-state index contributed by atoms with van der Waals surface area (Å²) in [5.74, 6) is -2.09. The number of anilines is 2. The predicted octanol–water partition coefficient (Wildman–Crippen LogP) is 4.48. The fourth-order valence-corrected chi connectivity index (χ4v) is 3.44. The number of amides is 1. The lowest BCUT2D eigenvalue weighted by Gasteiger charge is -2.20. The molecule has 1 unspecified atom stereocenters. The van der Waals surface area contributed by atoms with Crippen molar-refractivity contribution in [3.05, 3.63) is 83.7 Å². The molecule has 1 aliphatic heterocycles. The Morgan fingerprint density at radius 3 is 2.77 bits per heavy atom. The summed E-state index contributed by atoms with van der Waals surface area (Å²) in [6, 6.07) is 14.8. The maximum absolute atomic E-state index is 14.6. The summed E-state index contributed by atoms with van der Waals surface area (Å²) in [6.07, 6.45) is 3.78. The largest absolute Gasteiger partial charge is 0.372 e. The summed E-state index contributed by atoms with van der Waals surface area (Å²) in [4.78, 5) is 22.4. The van der Waals surface area contributed by atoms with Crippen molar-refractivity contribution in [1.29, 1.82) is 0 Å². The third-order valence-electron chi connectivity index (χ3n) is 5.05. The van der Waals surface area contributed by atoms with E-state index in [1.54, 1.807) is 24.4 Å². The molecule has 0 spiro atoms. The van der Waals surface area contributed by atoms with Gasteiger partial charge >= 0.3 is 0 Å². The van der Waals surface area contributed by atoms with Crippen molar-refractivity contribution < 1.29 is 13.6 Å². The molecule has 152 valence electrons. The zero-order chi connectivity index (χ0) is 21.1. The molecule has 2 heterocycles. The highest BCUT2D eigenvalue weighted by atomic mass is 19.1. The van der Waals surface area contributed by atoms with Gasteiger partial charge in [-0.2, -0.15) is 0 Å². The van der Waals surface area contributed by atoms with Gasteiger partial charge in [-0.25, -0.2) is 8.78 Å². The van der Waals surface area contributed by atoms with E-state index < -0.39 is 17.6 Å². The molecule has 0 saturated carbocycles. The third kappa shape index (κ3) is 4.05. The lowest BCUT2D eigenvalue weighted by molar-refractivity contribution is -0.115. The number of hydrogen-bond donors (Lipinski definition) is 1. The number of rotatable bonds is 6. The molecule has 0 aliphatic carbocycles. The van der Waals surface area contributed by atoms with Gasteiger partial charge in [0.05, 0.1) is 11.4 Å². The molecule has 1 amide bonds. The monoisotopic (exact) mass is 406 g/mol. The second-order valence-corrected chi connectivity index (χ2v) is 7.07. The first-order chi connectivity index (χ1) is 14.5. The molecule has 4 rings (SSSR count). The summed E-state index contributed by atoms with van der Waals surface area (Å²) < 4.78 is 28.8. The summed E-state index contributed by atoms with van der Waals surface area (Å²) in [7, 11) is 1.81. The zero-order valence-electron chi connectivity index (χ0n) is 16.3. The van der Waals surface area contributed by atoms with Crippen LogP contribution in [-0.2, 0) is 11.2 Å². The lowest BCUT2D eigenvalue weighted by atomic mass is 10.0. The van der Waals surface area contributed by atoms with E-state index >= 15 is 0 Å². The number of pyridine rings is 1. The van der Waals surface area contributed by atoms with Crippen LogP contribution in [0.15, 0.2) is 65.8 Å². The van der Waals surface area contributed by atoms with E-state index in [9.17, 15) is 13.6 Å². The normalized spacial score (nSPS) is 15.3. The molecule has 5 nitrogen and oxygen atoms in total. The van der Waals surface area contributed by atoms with Crippen LogP contribution in [-0.4, -0.2) is 30.7 Å². The van der Waals surface area contributed by atoms with Crippen molar-refractivity contribution >= 4 is 29.2 Å². The van der Waals surface area contributed by atoms with Gasteiger partial charge in [-0.1, -0.05) is 12.1 Å². The van der Waals surface area contributed by atoms with Crippen LogP contribution in [0, 0.1) is 11.6 Å². The van der Waals surface area contributed by atoms with E-state index in [2.05, 4.69) is 15.3 Å². The molecule has 1 aromatic heterocycles. The Bertz CT molecular complexity index is 1100. The van der Waals surface area contributed by atoms with E-state index in [-0.39, 0.29) is 11.5 Å². The minimum atomic E-state index is -0.843. The molecule has 0 radical (unpaired) electrons. The molecule has 1 atom stereocenters. The standard InChI is InChI=1S/C23H20F2N4O/c1-29(12-10-15-5-2-3-11-26-15)21-9-8-16(13-19(21)25)27-14-17-22-18(24)6-4-7-20(22)28-23(17)30/h2-9,11,13-14,17H,10,12H2,1H3,(H,28,30). The second kappa shape index (κ2) is 8.41. The topological polar surface area (TPSA) is 57.6 Å². The average Bonchev–Trinajstić information content (AvgIpc) is 3.07. The molecule has 1 aliphatic rings. The van der Waals surface area contributed by atoms with Crippen LogP contribution in [0.2, 0.25) is 0 Å². The van der Waals surface area contributed by atoms with Gasteiger partial charge in [0, 0.05) is 55.4 Å². The minimum absolute atomic E-state index is 0.262. The molecule has 2 aromatic carbocycles. The molecule has 7 heteroatoms. The average molecular weight is 406 g/mol. The second-order valence-electron chi connectivity index (χ2n) is 7.07. The van der Waals surface area contributed by atoms with Crippen LogP contribution in [0.4, 0.5) is 25.8 Å². The summed E-state index contributed by atoms with van der Waals surface area (Å²) >= 11 is 0. The summed E-state index contributed by atoms with van der Waals surface area (Å²) in [5.41, 5.74) is 2.44. The lowest BCUT2D eigenvalue weighted by Crippen LogP contribution is -2.21. The Balaban J connectivity index is 1.47. The van der Waals surface area contributed by atoms with Crippen LogP contribution in [0.25, 0.3) is 0 Å². The number of nitrogens with one attached hydrogen (secondary N) is 1. The number of carbonyl (C=O) groups is 1. The van der Waals surface area contributed by atoms with Gasteiger partial charge in [-0.15, -0.1) is 0 Å². The molecule has 30 heavy (non-hydrogen) atoms. The fraction of sp³-hybridized carbons (Fsp3) is 0.174. The highest BCUT2D eigenvalue weighted by Gasteiger charge is 2.31. The third-order valence-corrected chi connectivity index (χ3v) is 5.05. The number of halogens is 2. The summed E-state index contributed by atoms with van der Waals surface area (Å²) in [6.45, 7) is 0.606. The van der Waals surface area contributed by atoms with Crippen LogP contribution >= 0.6 is 0 Å². The first-order valence-electron chi connectivity index (χ1n) is 9.57. The molecule has 1 N–H and O–H groups in total. The molecular weight excluding hydrogens is 386 g/mol. The van der Waals surface area contributed by atoms with E-state index in [0.717, 1.165) is 5.69 Å². The van der Waals surface area contributed by atoms with Gasteiger partial charge in [0.1, 0.15) is 17.6 Å². The van der Waals surface area contributed by atoms with Crippen molar-refractivity contribution in [2.75, 3.05) is 23.8 Å². The molecule has 3 aromatic rings. The van der Waals surface area contributed by atoms with Gasteiger partial charge in [0.15, 0.2) is 0 Å². The van der Waals surface area contributed by atoms with E-state index in [1.165, 1.54) is 24.4 Å². The maximum atomic E-state index is 14.6. The number of nitrogens with zero attached hydrogens (tertiary/aromatic N) is 3.